The number of aryl methyl sites for hydroxylation is 1. The minimum atomic E-state index is -0.355. The van der Waals surface area contributed by atoms with Crippen LogP contribution in [-0.2, 0) is 11.3 Å². The average molecular weight is 401 g/mol. The maximum atomic E-state index is 12.6. The number of fused-ring (bicyclic) bond motifs is 1. The normalized spacial score (nSPS) is 12.7. The maximum Gasteiger partial charge on any atom is 0.349 e. The van der Waals surface area contributed by atoms with E-state index < -0.39 is 0 Å². The van der Waals surface area contributed by atoms with Crippen LogP contribution in [0, 0.1) is 6.92 Å². The largest absolute Gasteiger partial charge is 0.486 e. The quantitative estimate of drug-likeness (QED) is 0.542. The fourth-order valence-electron chi connectivity index (χ4n) is 2.89. The van der Waals surface area contributed by atoms with Crippen LogP contribution in [0.25, 0.3) is 11.1 Å². The molecule has 2 heterocycles. The van der Waals surface area contributed by atoms with E-state index in [2.05, 4.69) is 0 Å². The zero-order valence-corrected chi connectivity index (χ0v) is 16.2. The van der Waals surface area contributed by atoms with Crippen molar-refractivity contribution in [3.63, 3.8) is 0 Å². The summed E-state index contributed by atoms with van der Waals surface area (Å²) >= 11 is 7.61. The van der Waals surface area contributed by atoms with Gasteiger partial charge in [-0.1, -0.05) is 41.4 Å². The Kier molecular flexibility index (Phi) is 5.05. The summed E-state index contributed by atoms with van der Waals surface area (Å²) in [7, 11) is 0. The van der Waals surface area contributed by atoms with Crippen LogP contribution in [0.15, 0.2) is 47.8 Å². The van der Waals surface area contributed by atoms with E-state index in [1.807, 2.05) is 42.6 Å². The molecule has 1 aliphatic heterocycles. The Labute approximate surface area is 166 Å². The zero-order chi connectivity index (χ0) is 18.8. The van der Waals surface area contributed by atoms with Crippen molar-refractivity contribution in [2.45, 2.75) is 13.5 Å². The first-order valence-electron chi connectivity index (χ1n) is 8.51. The molecule has 0 fully saturated rings. The third kappa shape index (κ3) is 3.80. The Morgan fingerprint density at radius 3 is 2.74 bits per heavy atom. The molecule has 27 heavy (non-hydrogen) atoms. The van der Waals surface area contributed by atoms with Gasteiger partial charge in [-0.2, -0.15) is 0 Å². The molecule has 0 radical (unpaired) electrons. The van der Waals surface area contributed by atoms with Gasteiger partial charge in [0.2, 0.25) is 0 Å². The van der Waals surface area contributed by atoms with Gasteiger partial charge < -0.3 is 14.2 Å². The van der Waals surface area contributed by atoms with Crippen molar-refractivity contribution in [1.29, 1.82) is 0 Å². The van der Waals surface area contributed by atoms with Crippen LogP contribution in [0.1, 0.15) is 20.8 Å². The van der Waals surface area contributed by atoms with Gasteiger partial charge in [0, 0.05) is 5.56 Å². The Balaban J connectivity index is 1.50. The molecule has 1 aromatic heterocycles. The number of esters is 1. The number of hydrogen-bond donors (Lipinski definition) is 0. The molecule has 0 N–H and O–H groups in total. The summed E-state index contributed by atoms with van der Waals surface area (Å²) in [6, 6.07) is 13.5. The van der Waals surface area contributed by atoms with E-state index in [-0.39, 0.29) is 12.6 Å². The second kappa shape index (κ2) is 7.62. The van der Waals surface area contributed by atoms with E-state index in [9.17, 15) is 4.79 Å². The number of rotatable bonds is 4. The van der Waals surface area contributed by atoms with Gasteiger partial charge in [-0.3, -0.25) is 0 Å². The molecule has 2 aromatic carbocycles. The lowest BCUT2D eigenvalue weighted by Gasteiger charge is -2.20. The molecule has 0 unspecified atom stereocenters. The van der Waals surface area contributed by atoms with Crippen LogP contribution >= 0.6 is 22.9 Å². The van der Waals surface area contributed by atoms with E-state index >= 15 is 0 Å². The van der Waals surface area contributed by atoms with Crippen LogP contribution in [0.4, 0.5) is 0 Å². The van der Waals surface area contributed by atoms with Crippen molar-refractivity contribution >= 4 is 28.9 Å². The lowest BCUT2D eigenvalue weighted by atomic mass is 10.1. The highest BCUT2D eigenvalue weighted by Gasteiger charge is 2.19. The summed E-state index contributed by atoms with van der Waals surface area (Å²) in [5, 5.41) is 2.35. The molecule has 0 saturated carbocycles. The molecule has 6 heteroatoms. The summed E-state index contributed by atoms with van der Waals surface area (Å²) in [5.74, 6) is 0.765. The Hall–Kier alpha value is -2.50. The fourth-order valence-corrected chi connectivity index (χ4v) is 3.99. The van der Waals surface area contributed by atoms with Crippen molar-refractivity contribution in [3.05, 3.63) is 68.9 Å². The van der Waals surface area contributed by atoms with Crippen molar-refractivity contribution in [2.24, 2.45) is 0 Å². The standard InChI is InChI=1S/C21H17ClO4S/c1-13-2-4-15(5-3-13)16-6-9-27-20(16)21(23)26-12-14-10-17(22)19-18(11-14)24-7-8-25-19/h2-6,9-11H,7-8,12H2,1H3. The van der Waals surface area contributed by atoms with Gasteiger partial charge in [-0.25, -0.2) is 4.79 Å². The molecule has 0 amide bonds. The number of carbonyl (C=O) groups is 1. The van der Waals surface area contributed by atoms with E-state index in [0.29, 0.717) is 34.6 Å². The van der Waals surface area contributed by atoms with Gasteiger partial charge >= 0.3 is 5.97 Å². The number of ether oxygens (including phenoxy) is 3. The summed E-state index contributed by atoms with van der Waals surface area (Å²) in [5.41, 5.74) is 3.81. The minimum absolute atomic E-state index is 0.112. The van der Waals surface area contributed by atoms with Crippen LogP contribution in [0.5, 0.6) is 11.5 Å². The lowest BCUT2D eigenvalue weighted by Crippen LogP contribution is -2.16. The molecular formula is C21H17ClO4S. The zero-order valence-electron chi connectivity index (χ0n) is 14.7. The smallest absolute Gasteiger partial charge is 0.349 e. The van der Waals surface area contributed by atoms with Crippen molar-refractivity contribution in [1.82, 2.24) is 0 Å². The highest BCUT2D eigenvalue weighted by atomic mass is 35.5. The van der Waals surface area contributed by atoms with E-state index in [1.54, 1.807) is 12.1 Å². The third-order valence-corrected chi connectivity index (χ3v) is 5.41. The predicted octanol–water partition coefficient (Wildman–Crippen LogP) is 5.51. The Morgan fingerprint density at radius 1 is 1.15 bits per heavy atom. The van der Waals surface area contributed by atoms with E-state index in [0.717, 1.165) is 16.7 Å². The molecule has 4 rings (SSSR count). The number of carbonyl (C=O) groups excluding carboxylic acids is 1. The number of benzene rings is 2. The van der Waals surface area contributed by atoms with Crippen molar-refractivity contribution in [3.8, 4) is 22.6 Å². The molecule has 0 bridgehead atoms. The summed E-state index contributed by atoms with van der Waals surface area (Å²) in [4.78, 5) is 13.2. The van der Waals surface area contributed by atoms with Crippen molar-refractivity contribution < 1.29 is 19.0 Å². The first-order chi connectivity index (χ1) is 13.1. The molecule has 0 aliphatic carbocycles. The third-order valence-electron chi connectivity index (χ3n) is 4.24. The minimum Gasteiger partial charge on any atom is -0.486 e. The SMILES string of the molecule is Cc1ccc(-c2ccsc2C(=O)OCc2cc(Cl)c3c(c2)OCCO3)cc1. The first kappa shape index (κ1) is 17.9. The monoisotopic (exact) mass is 400 g/mol. The first-order valence-corrected chi connectivity index (χ1v) is 9.77. The molecule has 0 atom stereocenters. The van der Waals surface area contributed by atoms with E-state index in [1.165, 1.54) is 16.9 Å². The number of halogens is 1. The van der Waals surface area contributed by atoms with Gasteiger partial charge in [0.1, 0.15) is 24.7 Å². The predicted molar refractivity (Wildman–Crippen MR) is 106 cm³/mol. The average Bonchev–Trinajstić information content (AvgIpc) is 3.17. The second-order valence-corrected chi connectivity index (χ2v) is 7.53. The highest BCUT2D eigenvalue weighted by molar-refractivity contribution is 7.12. The molecule has 0 spiro atoms. The number of thiophene rings is 1. The summed E-state index contributed by atoms with van der Waals surface area (Å²) < 4.78 is 16.6. The summed E-state index contributed by atoms with van der Waals surface area (Å²) in [6.07, 6.45) is 0. The summed E-state index contributed by atoms with van der Waals surface area (Å²) in [6.45, 7) is 3.09. The topological polar surface area (TPSA) is 44.8 Å². The van der Waals surface area contributed by atoms with E-state index in [4.69, 9.17) is 25.8 Å². The second-order valence-electron chi connectivity index (χ2n) is 6.21. The van der Waals surface area contributed by atoms with Crippen LogP contribution < -0.4 is 9.47 Å². The molecule has 138 valence electrons. The Morgan fingerprint density at radius 2 is 1.93 bits per heavy atom. The van der Waals surface area contributed by atoms with Crippen molar-refractivity contribution in [2.75, 3.05) is 13.2 Å². The van der Waals surface area contributed by atoms with Gasteiger partial charge in [0.05, 0.1) is 5.02 Å². The molecule has 4 nitrogen and oxygen atoms in total. The molecule has 3 aromatic rings. The van der Waals surface area contributed by atoms with Crippen LogP contribution in [0.3, 0.4) is 0 Å². The molecule has 0 saturated heterocycles. The fraction of sp³-hybridized carbons (Fsp3) is 0.190. The lowest BCUT2D eigenvalue weighted by molar-refractivity contribution is 0.0478. The Bertz CT molecular complexity index is 978. The maximum absolute atomic E-state index is 12.6. The van der Waals surface area contributed by atoms with Crippen LogP contribution in [-0.4, -0.2) is 19.2 Å². The highest BCUT2D eigenvalue weighted by Crippen LogP contribution is 2.38. The molecule has 1 aliphatic rings. The number of hydrogen-bond acceptors (Lipinski definition) is 5. The van der Waals surface area contributed by atoms with Crippen LogP contribution in [0.2, 0.25) is 5.02 Å². The van der Waals surface area contributed by atoms with Gasteiger partial charge in [0.15, 0.2) is 11.5 Å². The molecular weight excluding hydrogens is 384 g/mol. The van der Waals surface area contributed by atoms with Gasteiger partial charge in [-0.15, -0.1) is 11.3 Å². The van der Waals surface area contributed by atoms with Gasteiger partial charge in [0.25, 0.3) is 0 Å². The van der Waals surface area contributed by atoms with Gasteiger partial charge in [-0.05, 0) is 41.6 Å².